The Morgan fingerprint density at radius 2 is 1.85 bits per heavy atom. The minimum atomic E-state index is -1.27. The molecule has 1 saturated heterocycles. The van der Waals surface area contributed by atoms with Crippen molar-refractivity contribution < 1.29 is 23.5 Å². The summed E-state index contributed by atoms with van der Waals surface area (Å²) in [6.07, 6.45) is 0. The van der Waals surface area contributed by atoms with Crippen LogP contribution in [0, 0.1) is 12.7 Å². The van der Waals surface area contributed by atoms with Gasteiger partial charge in [-0.2, -0.15) is 0 Å². The molecule has 1 aliphatic heterocycles. The average Bonchev–Trinajstić information content (AvgIpc) is 2.86. The molecule has 1 atom stereocenters. The molecule has 1 heterocycles. The van der Waals surface area contributed by atoms with Gasteiger partial charge in [0.15, 0.2) is 5.78 Å². The lowest BCUT2D eigenvalue weighted by Gasteiger charge is -2.22. The van der Waals surface area contributed by atoms with E-state index < -0.39 is 35.6 Å². The van der Waals surface area contributed by atoms with Crippen molar-refractivity contribution in [2.75, 3.05) is 13.7 Å². The van der Waals surface area contributed by atoms with Gasteiger partial charge in [0.05, 0.1) is 19.2 Å². The SMILES string of the molecule is COc1ccc(F)cc1C(=O)CN1C(=O)N[C@](C)(c2ccc(C)cc2)C1=O. The number of nitrogens with one attached hydrogen (secondary N) is 1. The molecule has 2 aromatic carbocycles. The van der Waals surface area contributed by atoms with Crippen LogP contribution in [0.15, 0.2) is 42.5 Å². The first-order chi connectivity index (χ1) is 12.8. The van der Waals surface area contributed by atoms with E-state index in [1.54, 1.807) is 19.1 Å². The molecule has 3 rings (SSSR count). The molecule has 0 spiro atoms. The van der Waals surface area contributed by atoms with Gasteiger partial charge in [-0.05, 0) is 37.6 Å². The molecule has 0 aliphatic carbocycles. The van der Waals surface area contributed by atoms with Gasteiger partial charge in [-0.3, -0.25) is 14.5 Å². The summed E-state index contributed by atoms with van der Waals surface area (Å²) in [4.78, 5) is 38.7. The Morgan fingerprint density at radius 3 is 2.48 bits per heavy atom. The number of imide groups is 1. The van der Waals surface area contributed by atoms with Crippen molar-refractivity contribution in [3.05, 3.63) is 65.0 Å². The zero-order valence-electron chi connectivity index (χ0n) is 15.2. The number of ketones is 1. The molecule has 6 nitrogen and oxygen atoms in total. The lowest BCUT2D eigenvalue weighted by molar-refractivity contribution is -0.130. The molecule has 0 bridgehead atoms. The highest BCUT2D eigenvalue weighted by atomic mass is 19.1. The highest BCUT2D eigenvalue weighted by Gasteiger charge is 2.49. The van der Waals surface area contributed by atoms with Gasteiger partial charge in [0, 0.05) is 0 Å². The van der Waals surface area contributed by atoms with Gasteiger partial charge in [0.1, 0.15) is 17.1 Å². The highest BCUT2D eigenvalue weighted by Crippen LogP contribution is 2.29. The summed E-state index contributed by atoms with van der Waals surface area (Å²) < 4.78 is 18.6. The van der Waals surface area contributed by atoms with Crippen LogP contribution in [0.1, 0.15) is 28.4 Å². The largest absolute Gasteiger partial charge is 0.496 e. The number of halogens is 1. The number of urea groups is 1. The van der Waals surface area contributed by atoms with Crippen molar-refractivity contribution in [3.8, 4) is 5.75 Å². The number of ether oxygens (including phenoxy) is 1. The Morgan fingerprint density at radius 1 is 1.19 bits per heavy atom. The molecule has 0 radical (unpaired) electrons. The van der Waals surface area contributed by atoms with Gasteiger partial charge in [-0.15, -0.1) is 0 Å². The van der Waals surface area contributed by atoms with E-state index >= 15 is 0 Å². The van der Waals surface area contributed by atoms with Crippen LogP contribution in [0.3, 0.4) is 0 Å². The number of hydrogen-bond acceptors (Lipinski definition) is 4. The van der Waals surface area contributed by atoms with Crippen molar-refractivity contribution in [3.63, 3.8) is 0 Å². The Hall–Kier alpha value is -3.22. The first-order valence-electron chi connectivity index (χ1n) is 8.34. The number of carbonyl (C=O) groups is 3. The summed E-state index contributed by atoms with van der Waals surface area (Å²) in [5, 5.41) is 2.64. The Bertz CT molecular complexity index is 926. The molecular formula is C20H19FN2O4. The van der Waals surface area contributed by atoms with Crippen molar-refractivity contribution >= 4 is 17.7 Å². The second kappa shape index (κ2) is 6.83. The maximum absolute atomic E-state index is 13.5. The fourth-order valence-corrected chi connectivity index (χ4v) is 3.05. The molecule has 0 unspecified atom stereocenters. The van der Waals surface area contributed by atoms with E-state index in [2.05, 4.69) is 5.32 Å². The summed E-state index contributed by atoms with van der Waals surface area (Å²) in [5.41, 5.74) is 0.341. The summed E-state index contributed by atoms with van der Waals surface area (Å²) in [7, 11) is 1.35. The second-order valence-corrected chi connectivity index (χ2v) is 6.58. The molecule has 1 aliphatic rings. The highest BCUT2D eigenvalue weighted by molar-refractivity contribution is 6.11. The summed E-state index contributed by atoms with van der Waals surface area (Å²) >= 11 is 0. The number of carbonyl (C=O) groups excluding carboxylic acids is 3. The van der Waals surface area contributed by atoms with Gasteiger partial charge in [0.2, 0.25) is 0 Å². The van der Waals surface area contributed by atoms with Gasteiger partial charge >= 0.3 is 6.03 Å². The third-order valence-corrected chi connectivity index (χ3v) is 4.67. The van der Waals surface area contributed by atoms with Crippen LogP contribution in [-0.4, -0.2) is 36.3 Å². The van der Waals surface area contributed by atoms with Crippen LogP contribution in [0.25, 0.3) is 0 Å². The van der Waals surface area contributed by atoms with Gasteiger partial charge in [-0.25, -0.2) is 9.18 Å². The number of aryl methyl sites for hydroxylation is 1. The van der Waals surface area contributed by atoms with Crippen molar-refractivity contribution in [1.82, 2.24) is 10.2 Å². The van der Waals surface area contributed by atoms with E-state index in [0.717, 1.165) is 22.6 Å². The molecular weight excluding hydrogens is 351 g/mol. The lowest BCUT2D eigenvalue weighted by atomic mass is 9.91. The van der Waals surface area contributed by atoms with Crippen LogP contribution in [0.4, 0.5) is 9.18 Å². The smallest absolute Gasteiger partial charge is 0.325 e. The third-order valence-electron chi connectivity index (χ3n) is 4.67. The predicted molar refractivity (Wildman–Crippen MR) is 96.1 cm³/mol. The van der Waals surface area contributed by atoms with Gasteiger partial charge in [-0.1, -0.05) is 29.8 Å². The topological polar surface area (TPSA) is 75.7 Å². The molecule has 1 N–H and O–H groups in total. The quantitative estimate of drug-likeness (QED) is 0.649. The fraction of sp³-hybridized carbons (Fsp3) is 0.250. The zero-order valence-corrected chi connectivity index (χ0v) is 15.2. The van der Waals surface area contributed by atoms with Crippen LogP contribution in [0.2, 0.25) is 0 Å². The van der Waals surface area contributed by atoms with E-state index in [4.69, 9.17) is 4.74 Å². The van der Waals surface area contributed by atoms with Crippen molar-refractivity contribution in [2.24, 2.45) is 0 Å². The average molecular weight is 370 g/mol. The van der Waals surface area contributed by atoms with Crippen LogP contribution in [0.5, 0.6) is 5.75 Å². The maximum atomic E-state index is 13.5. The number of methoxy groups -OCH3 is 1. The zero-order chi connectivity index (χ0) is 19.8. The standard InChI is InChI=1S/C20H19FN2O4/c1-12-4-6-13(7-5-12)20(2)18(25)23(19(26)22-20)11-16(24)15-10-14(21)8-9-17(15)27-3/h4-10H,11H2,1-3H3,(H,22,26)/t20-/m1/s1. The Labute approximate surface area is 155 Å². The molecule has 1 fully saturated rings. The molecule has 27 heavy (non-hydrogen) atoms. The first kappa shape index (κ1) is 18.6. The lowest BCUT2D eigenvalue weighted by Crippen LogP contribution is -2.41. The molecule has 2 aromatic rings. The summed E-state index contributed by atoms with van der Waals surface area (Å²) in [5.74, 6) is -1.57. The predicted octanol–water partition coefficient (Wildman–Crippen LogP) is 2.79. The van der Waals surface area contributed by atoms with Crippen LogP contribution in [-0.2, 0) is 10.3 Å². The van der Waals surface area contributed by atoms with E-state index in [0.29, 0.717) is 5.56 Å². The van der Waals surface area contributed by atoms with Crippen molar-refractivity contribution in [2.45, 2.75) is 19.4 Å². The molecule has 0 saturated carbocycles. The fourth-order valence-electron chi connectivity index (χ4n) is 3.05. The Balaban J connectivity index is 1.87. The number of Topliss-reactive ketones (excluding diaryl/α,β-unsaturated/α-hetero) is 1. The number of rotatable bonds is 5. The maximum Gasteiger partial charge on any atom is 0.325 e. The van der Waals surface area contributed by atoms with Gasteiger partial charge < -0.3 is 10.1 Å². The van der Waals surface area contributed by atoms with Crippen molar-refractivity contribution in [1.29, 1.82) is 0 Å². The number of benzene rings is 2. The monoisotopic (exact) mass is 370 g/mol. The summed E-state index contributed by atoms with van der Waals surface area (Å²) in [6, 6.07) is 10.0. The van der Waals surface area contributed by atoms with Crippen LogP contribution < -0.4 is 10.1 Å². The number of amides is 3. The van der Waals surface area contributed by atoms with E-state index in [9.17, 15) is 18.8 Å². The molecule has 0 aromatic heterocycles. The minimum Gasteiger partial charge on any atom is -0.496 e. The normalized spacial score (nSPS) is 19.2. The number of hydrogen-bond donors (Lipinski definition) is 1. The van der Waals surface area contributed by atoms with E-state index in [1.807, 2.05) is 19.1 Å². The number of nitrogens with zero attached hydrogens (tertiary/aromatic N) is 1. The van der Waals surface area contributed by atoms with E-state index in [1.165, 1.54) is 13.2 Å². The first-order valence-corrected chi connectivity index (χ1v) is 8.34. The third kappa shape index (κ3) is 3.28. The summed E-state index contributed by atoms with van der Waals surface area (Å²) in [6.45, 7) is 3.00. The minimum absolute atomic E-state index is 0.0259. The van der Waals surface area contributed by atoms with Crippen LogP contribution >= 0.6 is 0 Å². The van der Waals surface area contributed by atoms with E-state index in [-0.39, 0.29) is 11.3 Å². The second-order valence-electron chi connectivity index (χ2n) is 6.58. The van der Waals surface area contributed by atoms with Gasteiger partial charge in [0.25, 0.3) is 5.91 Å². The Kier molecular flexibility index (Phi) is 4.70. The molecule has 7 heteroatoms. The molecule has 3 amide bonds. The molecule has 140 valence electrons.